The van der Waals surface area contributed by atoms with E-state index < -0.39 is 12.4 Å². The van der Waals surface area contributed by atoms with Gasteiger partial charge in [0, 0.05) is 17.1 Å². The fraction of sp³-hybridized carbons (Fsp3) is 0.400. The van der Waals surface area contributed by atoms with Crippen molar-refractivity contribution in [1.82, 2.24) is 9.97 Å². The number of alkyl halides is 2. The summed E-state index contributed by atoms with van der Waals surface area (Å²) in [4.78, 5) is 19.7. The minimum atomic E-state index is -2.77. The van der Waals surface area contributed by atoms with E-state index >= 15 is 0 Å². The second-order valence-electron chi connectivity index (χ2n) is 5.67. The molecule has 1 N–H and O–H groups in total. The van der Waals surface area contributed by atoms with Gasteiger partial charge in [-0.1, -0.05) is 0 Å². The van der Waals surface area contributed by atoms with Gasteiger partial charge in [0.1, 0.15) is 5.82 Å². The van der Waals surface area contributed by atoms with Crippen molar-refractivity contribution in [2.24, 2.45) is 0 Å². The van der Waals surface area contributed by atoms with E-state index in [4.69, 9.17) is 4.74 Å². The fourth-order valence-electron chi connectivity index (χ4n) is 2.39. The van der Waals surface area contributed by atoms with Gasteiger partial charge < -0.3 is 11.5 Å². The van der Waals surface area contributed by atoms with Crippen LogP contribution in [0.4, 0.5) is 14.6 Å². The smallest absolute Gasteiger partial charge is 1.00 e. The average molecular weight is 379 g/mol. The van der Waals surface area contributed by atoms with Gasteiger partial charge in [-0.15, -0.1) is 11.3 Å². The molecule has 1 aliphatic carbocycles. The normalized spacial score (nSPS) is 15.3. The Kier molecular flexibility index (Phi) is 6.86. The summed E-state index contributed by atoms with van der Waals surface area (Å²) >= 11 is 1.08. The van der Waals surface area contributed by atoms with Crippen molar-refractivity contribution in [1.29, 1.82) is 0 Å². The van der Waals surface area contributed by atoms with Gasteiger partial charge in [0.15, 0.2) is 5.75 Å². The number of thiazole rings is 1. The molecular formula is C15H16F2KN3O2S. The van der Waals surface area contributed by atoms with Crippen molar-refractivity contribution in [3.05, 3.63) is 34.4 Å². The second-order valence-corrected chi connectivity index (χ2v) is 6.57. The molecule has 2 aromatic rings. The molecule has 0 bridgehead atoms. The molecule has 2 heterocycles. The zero-order valence-electron chi connectivity index (χ0n) is 14.4. The molecular weight excluding hydrogens is 363 g/mol. The molecule has 0 amide bonds. The number of nitrogens with one attached hydrogen (secondary N) is 1. The van der Waals surface area contributed by atoms with Crippen LogP contribution in [0.15, 0.2) is 23.8 Å². The largest absolute Gasteiger partial charge is 1.00 e. The van der Waals surface area contributed by atoms with Crippen LogP contribution in [0.25, 0.3) is 0 Å². The summed E-state index contributed by atoms with van der Waals surface area (Å²) in [6, 6.07) is 1.23. The maximum Gasteiger partial charge on any atom is 1.00 e. The van der Waals surface area contributed by atoms with Crippen molar-refractivity contribution in [3.8, 4) is 5.75 Å². The average Bonchev–Trinajstić information content (AvgIpc) is 3.01. The maximum absolute atomic E-state index is 13.3. The molecule has 1 fully saturated rings. The molecule has 0 saturated heterocycles. The van der Waals surface area contributed by atoms with Gasteiger partial charge in [-0.3, -0.25) is 0 Å². The van der Waals surface area contributed by atoms with Crippen LogP contribution in [0.2, 0.25) is 0 Å². The summed E-state index contributed by atoms with van der Waals surface area (Å²) < 4.78 is 31.6. The molecule has 24 heavy (non-hydrogen) atoms. The summed E-state index contributed by atoms with van der Waals surface area (Å²) in [5.74, 6) is -0.656. The van der Waals surface area contributed by atoms with Crippen LogP contribution < -0.4 is 61.4 Å². The van der Waals surface area contributed by atoms with Gasteiger partial charge in [-0.2, -0.15) is 0 Å². The first-order valence-corrected chi connectivity index (χ1v) is 8.03. The Morgan fingerprint density at radius 2 is 2.21 bits per heavy atom. The van der Waals surface area contributed by atoms with Gasteiger partial charge in [-0.25, -0.2) is 23.5 Å². The summed E-state index contributed by atoms with van der Waals surface area (Å²) in [5, 5.41) is 4.88. The van der Waals surface area contributed by atoms with Gasteiger partial charge >= 0.3 is 57.4 Å². The number of halogens is 2. The van der Waals surface area contributed by atoms with Crippen LogP contribution in [0.3, 0.4) is 0 Å². The molecule has 124 valence electrons. The van der Waals surface area contributed by atoms with E-state index in [1.807, 2.05) is 6.92 Å². The molecule has 9 heteroatoms. The number of aromatic nitrogens is 2. The van der Waals surface area contributed by atoms with E-state index in [9.17, 15) is 13.6 Å². The van der Waals surface area contributed by atoms with E-state index in [1.165, 1.54) is 12.3 Å². The van der Waals surface area contributed by atoms with Crippen molar-refractivity contribution in [3.63, 3.8) is 0 Å². The van der Waals surface area contributed by atoms with Crippen LogP contribution in [0.1, 0.15) is 49.4 Å². The topological polar surface area (TPSA) is 64.1 Å². The molecule has 1 saturated carbocycles. The van der Waals surface area contributed by atoms with Gasteiger partial charge in [-0.05, 0) is 32.3 Å². The number of carbonyl (C=O) groups is 1. The van der Waals surface area contributed by atoms with E-state index in [-0.39, 0.29) is 74.7 Å². The molecule has 5 nitrogen and oxygen atoms in total. The first kappa shape index (κ1) is 19.9. The monoisotopic (exact) mass is 379 g/mol. The predicted molar refractivity (Wildman–Crippen MR) is 83.3 cm³/mol. The van der Waals surface area contributed by atoms with Crippen LogP contribution in [-0.2, 0) is 0 Å². The second kappa shape index (κ2) is 8.28. The van der Waals surface area contributed by atoms with Crippen LogP contribution in [0, 0.1) is 0 Å². The Morgan fingerprint density at radius 1 is 1.46 bits per heavy atom. The maximum atomic E-state index is 13.3. The quantitative estimate of drug-likeness (QED) is 0.624. The number of hydrogen-bond donors (Lipinski definition) is 1. The SMILES string of the molecule is CC1(Nc2cc(C(F)F)c(OC(=O)c3nccs3)cn2)CCC1.[H-].[K+]. The number of anilines is 1. The van der Waals surface area contributed by atoms with E-state index in [0.29, 0.717) is 5.82 Å². The predicted octanol–water partition coefficient (Wildman–Crippen LogP) is 1.17. The first-order valence-electron chi connectivity index (χ1n) is 7.15. The number of pyridine rings is 1. The molecule has 1 aliphatic rings. The van der Waals surface area contributed by atoms with Gasteiger partial charge in [0.05, 0.1) is 11.8 Å². The first-order chi connectivity index (χ1) is 11.0. The molecule has 0 atom stereocenters. The number of ether oxygens (including phenoxy) is 1. The number of nitrogens with zero attached hydrogens (tertiary/aromatic N) is 2. The van der Waals surface area contributed by atoms with E-state index in [0.717, 1.165) is 36.8 Å². The third-order valence-corrected chi connectivity index (χ3v) is 4.58. The summed E-state index contributed by atoms with van der Waals surface area (Å²) in [7, 11) is 0. The Hall–Kier alpha value is -0.454. The Labute approximate surface area is 186 Å². The zero-order valence-corrected chi connectivity index (χ0v) is 17.3. The fourth-order valence-corrected chi connectivity index (χ4v) is 2.90. The van der Waals surface area contributed by atoms with Crippen molar-refractivity contribution < 1.29 is 71.1 Å². The molecule has 3 rings (SSSR count). The number of carbonyl (C=O) groups excluding carboxylic acids is 1. The number of esters is 1. The van der Waals surface area contributed by atoms with Crippen molar-refractivity contribution in [2.75, 3.05) is 5.32 Å². The number of hydrogen-bond acceptors (Lipinski definition) is 6. The molecule has 2 aromatic heterocycles. The van der Waals surface area contributed by atoms with Gasteiger partial charge in [0.25, 0.3) is 6.43 Å². The minimum absolute atomic E-state index is 0. The molecule has 0 aliphatic heterocycles. The molecule has 0 radical (unpaired) electrons. The van der Waals surface area contributed by atoms with E-state index in [2.05, 4.69) is 15.3 Å². The van der Waals surface area contributed by atoms with Crippen LogP contribution in [-0.4, -0.2) is 21.5 Å². The zero-order chi connectivity index (χ0) is 16.4. The summed E-state index contributed by atoms with van der Waals surface area (Å²) in [6.45, 7) is 2.02. The van der Waals surface area contributed by atoms with Crippen molar-refractivity contribution in [2.45, 2.75) is 38.2 Å². The number of rotatable bonds is 5. The van der Waals surface area contributed by atoms with E-state index in [1.54, 1.807) is 5.38 Å². The minimum Gasteiger partial charge on any atom is -1.00 e. The Balaban J connectivity index is 0.00000156. The Bertz CT molecular complexity index is 715. The standard InChI is InChI=1S/C15H15F2N3O2S.K.H/c1-15(3-2-4-15)20-11-7-9(12(16)17)10(8-19-11)22-14(21)13-18-5-6-23-13;;/h5-8,12H,2-4H2,1H3,(H,19,20);;/q;+1;-1. The van der Waals surface area contributed by atoms with Crippen molar-refractivity contribution >= 4 is 23.1 Å². The molecule has 0 aromatic carbocycles. The van der Waals surface area contributed by atoms with Crippen LogP contribution in [0.5, 0.6) is 5.75 Å². The summed E-state index contributed by atoms with van der Waals surface area (Å²) in [6.07, 6.45) is 2.87. The van der Waals surface area contributed by atoms with Gasteiger partial charge in [0.2, 0.25) is 5.01 Å². The third kappa shape index (κ3) is 4.58. The molecule has 0 unspecified atom stereocenters. The summed E-state index contributed by atoms with van der Waals surface area (Å²) in [5.41, 5.74) is -0.471. The van der Waals surface area contributed by atoms with Crippen LogP contribution >= 0.6 is 11.3 Å². The third-order valence-electron chi connectivity index (χ3n) is 3.83. The molecule has 0 spiro atoms. The Morgan fingerprint density at radius 3 is 2.75 bits per heavy atom.